The van der Waals surface area contributed by atoms with Gasteiger partial charge in [-0.05, 0) is 79.9 Å². The van der Waals surface area contributed by atoms with Gasteiger partial charge >= 0.3 is 11.9 Å². The highest BCUT2D eigenvalue weighted by atomic mass is 16.7. The zero-order chi connectivity index (χ0) is 33.1. The van der Waals surface area contributed by atoms with Gasteiger partial charge in [-0.15, -0.1) is 0 Å². The molecule has 13 atom stereocenters. The Kier molecular flexibility index (Phi) is 12.4. The van der Waals surface area contributed by atoms with Crippen molar-refractivity contribution in [2.24, 2.45) is 23.7 Å². The summed E-state index contributed by atoms with van der Waals surface area (Å²) in [5.74, 6) is -3.45. The average molecular weight is 627 g/mol. The van der Waals surface area contributed by atoms with Crippen LogP contribution in [0.3, 0.4) is 0 Å². The molecule has 0 radical (unpaired) electrons. The number of likely N-dealkylation sites (N-methyl/N-ethyl adjacent to an activating group) is 1. The number of esters is 2. The van der Waals surface area contributed by atoms with Crippen LogP contribution in [0.2, 0.25) is 0 Å². The number of nitrogens with one attached hydrogen (secondary N) is 1. The van der Waals surface area contributed by atoms with Crippen molar-refractivity contribution < 1.29 is 43.2 Å². The molecule has 0 aromatic rings. The first-order valence-corrected chi connectivity index (χ1v) is 16.4. The molecule has 2 N–H and O–H groups in total. The third-order valence-electron chi connectivity index (χ3n) is 10.5. The molecule has 0 aromatic heterocycles. The first-order chi connectivity index (χ1) is 20.5. The minimum atomic E-state index is -1.11. The minimum Gasteiger partial charge on any atom is -0.458 e. The number of cyclic esters (lactones) is 1. The molecule has 2 unspecified atom stereocenters. The Bertz CT molecular complexity index is 1010. The Morgan fingerprint density at radius 3 is 2.30 bits per heavy atom. The molecule has 3 aliphatic rings. The molecule has 3 fully saturated rings. The molecule has 0 aliphatic carbocycles. The van der Waals surface area contributed by atoms with Crippen molar-refractivity contribution in [1.82, 2.24) is 10.2 Å². The zero-order valence-electron chi connectivity index (χ0n) is 28.8. The molecule has 3 aliphatic heterocycles. The Morgan fingerprint density at radius 2 is 1.73 bits per heavy atom. The lowest BCUT2D eigenvalue weighted by molar-refractivity contribution is -0.298. The SMILES string of the molecule is CC[C@@H]1CC(N(C)C)[C@@H](O)[C@H](O[C@@H]2[C@@H](C)C(=O)C(C)C(=O)O[C@H](CC)[C@@]3(C)OC(=O)C[C@@H]3[C@@H](C)NC[C@H](C)C[C@@]2(C)OC)O1. The number of nitrogens with zero attached hydrogens (tertiary/aromatic N) is 1. The number of hydrogen-bond acceptors (Lipinski definition) is 11. The third kappa shape index (κ3) is 7.66. The standard InChI is InChI=1S/C33H58N2O9/c1-12-22-14-24(35(9)10)28(38)31(41-22)43-29-19(4)27(37)20(5)30(39)42-25(13-2)33(8)23(15-26(36)44-33)21(6)34-17-18(3)16-32(29,7)40-11/h18-25,28-29,31,34,38H,12-17H2,1-11H3/t18-,19+,20?,21-,22-,23-,24?,25-,28-,29-,31+,32-,33+/m1/s1. The van der Waals surface area contributed by atoms with Crippen LogP contribution in [-0.4, -0.2) is 109 Å². The summed E-state index contributed by atoms with van der Waals surface area (Å²) in [7, 11) is 5.43. The number of Topliss-reactive ketones (excluding diaryl/α,β-unsaturated/α-hetero) is 1. The smallest absolute Gasteiger partial charge is 0.316 e. The van der Waals surface area contributed by atoms with Crippen LogP contribution in [0, 0.1) is 23.7 Å². The molecule has 11 heteroatoms. The summed E-state index contributed by atoms with van der Waals surface area (Å²) in [4.78, 5) is 42.1. The average Bonchev–Trinajstić information content (AvgIpc) is 3.30. The number of ether oxygens (including phenoxy) is 5. The molecule has 3 saturated heterocycles. The number of aliphatic hydroxyl groups is 1. The van der Waals surface area contributed by atoms with Crippen molar-refractivity contribution >= 4 is 17.7 Å². The quantitative estimate of drug-likeness (QED) is 0.333. The number of carbonyl (C=O) groups is 3. The highest BCUT2D eigenvalue weighted by Crippen LogP contribution is 2.42. The van der Waals surface area contributed by atoms with Crippen molar-refractivity contribution in [3.05, 3.63) is 0 Å². The Balaban J connectivity index is 2.03. The molecule has 254 valence electrons. The number of hydrogen-bond donors (Lipinski definition) is 2. The van der Waals surface area contributed by atoms with Crippen LogP contribution in [0.25, 0.3) is 0 Å². The second kappa shape index (κ2) is 14.9. The van der Waals surface area contributed by atoms with Gasteiger partial charge in [0.05, 0.1) is 24.2 Å². The van der Waals surface area contributed by atoms with Gasteiger partial charge in [-0.1, -0.05) is 27.7 Å². The summed E-state index contributed by atoms with van der Waals surface area (Å²) in [6, 6.07) is -0.314. The van der Waals surface area contributed by atoms with E-state index in [9.17, 15) is 19.5 Å². The molecule has 0 spiro atoms. The van der Waals surface area contributed by atoms with Crippen molar-refractivity contribution in [2.45, 2.75) is 141 Å². The van der Waals surface area contributed by atoms with Gasteiger partial charge in [0.2, 0.25) is 0 Å². The first kappa shape index (κ1) is 36.8. The van der Waals surface area contributed by atoms with E-state index in [1.807, 2.05) is 53.6 Å². The normalized spacial score (nSPS) is 44.8. The van der Waals surface area contributed by atoms with Crippen LogP contribution in [0.1, 0.15) is 87.5 Å². The number of methoxy groups -OCH3 is 1. The zero-order valence-corrected chi connectivity index (χ0v) is 28.8. The van der Waals surface area contributed by atoms with Crippen LogP contribution in [-0.2, 0) is 38.1 Å². The maximum absolute atomic E-state index is 14.1. The van der Waals surface area contributed by atoms with Gasteiger partial charge in [-0.2, -0.15) is 0 Å². The van der Waals surface area contributed by atoms with E-state index in [0.717, 1.165) is 6.42 Å². The molecular weight excluding hydrogens is 568 g/mol. The highest BCUT2D eigenvalue weighted by Gasteiger charge is 2.55. The van der Waals surface area contributed by atoms with E-state index in [0.29, 0.717) is 25.8 Å². The van der Waals surface area contributed by atoms with E-state index in [1.165, 1.54) is 0 Å². The fourth-order valence-electron chi connectivity index (χ4n) is 7.58. The molecule has 44 heavy (non-hydrogen) atoms. The molecule has 0 amide bonds. The molecule has 3 heterocycles. The fraction of sp³-hybridized carbons (Fsp3) is 0.909. The second-order valence-corrected chi connectivity index (χ2v) is 14.1. The van der Waals surface area contributed by atoms with Gasteiger partial charge in [-0.3, -0.25) is 14.4 Å². The largest absolute Gasteiger partial charge is 0.458 e. The van der Waals surface area contributed by atoms with Crippen LogP contribution in [0.4, 0.5) is 0 Å². The van der Waals surface area contributed by atoms with E-state index < -0.39 is 53.6 Å². The number of carbonyl (C=O) groups excluding carboxylic acids is 3. The molecule has 3 rings (SSSR count). The lowest BCUT2D eigenvalue weighted by Gasteiger charge is -2.47. The van der Waals surface area contributed by atoms with E-state index >= 15 is 0 Å². The van der Waals surface area contributed by atoms with Gasteiger partial charge in [0.25, 0.3) is 0 Å². The number of ketones is 1. The molecule has 0 bridgehead atoms. The van der Waals surface area contributed by atoms with Gasteiger partial charge in [0.15, 0.2) is 17.7 Å². The maximum Gasteiger partial charge on any atom is 0.316 e. The van der Waals surface area contributed by atoms with E-state index in [2.05, 4.69) is 12.2 Å². The molecular formula is C33H58N2O9. The predicted octanol–water partition coefficient (Wildman–Crippen LogP) is 3.10. The molecule has 0 aromatic carbocycles. The number of rotatable bonds is 6. The summed E-state index contributed by atoms with van der Waals surface area (Å²) in [6.45, 7) is 15.6. The molecule has 0 saturated carbocycles. The van der Waals surface area contributed by atoms with Gasteiger partial charge < -0.3 is 39.0 Å². The van der Waals surface area contributed by atoms with Crippen molar-refractivity contribution in [2.75, 3.05) is 27.7 Å². The lowest BCUT2D eigenvalue weighted by atomic mass is 9.78. The third-order valence-corrected chi connectivity index (χ3v) is 10.5. The van der Waals surface area contributed by atoms with Crippen LogP contribution < -0.4 is 5.32 Å². The number of fused-ring (bicyclic) bond motifs is 1. The van der Waals surface area contributed by atoms with Crippen LogP contribution in [0.15, 0.2) is 0 Å². The minimum absolute atomic E-state index is 0.0672. The Labute approximate surface area is 264 Å². The van der Waals surface area contributed by atoms with Crippen molar-refractivity contribution in [1.29, 1.82) is 0 Å². The van der Waals surface area contributed by atoms with E-state index in [1.54, 1.807) is 21.0 Å². The Hall–Kier alpha value is -1.63. The van der Waals surface area contributed by atoms with Crippen LogP contribution >= 0.6 is 0 Å². The topological polar surface area (TPSA) is 133 Å². The van der Waals surface area contributed by atoms with E-state index in [4.69, 9.17) is 23.7 Å². The lowest BCUT2D eigenvalue weighted by Crippen LogP contribution is -2.59. The Morgan fingerprint density at radius 1 is 1.07 bits per heavy atom. The van der Waals surface area contributed by atoms with Crippen molar-refractivity contribution in [3.63, 3.8) is 0 Å². The maximum atomic E-state index is 14.1. The predicted molar refractivity (Wildman–Crippen MR) is 165 cm³/mol. The summed E-state index contributed by atoms with van der Waals surface area (Å²) in [6.07, 6.45) is -1.11. The fourth-order valence-corrected chi connectivity index (χ4v) is 7.58. The number of aliphatic hydroxyl groups excluding tert-OH is 1. The summed E-state index contributed by atoms with van der Waals surface area (Å²) < 4.78 is 30.9. The van der Waals surface area contributed by atoms with Crippen LogP contribution in [0.5, 0.6) is 0 Å². The monoisotopic (exact) mass is 626 g/mol. The first-order valence-electron chi connectivity index (χ1n) is 16.4. The van der Waals surface area contributed by atoms with Gasteiger partial charge in [0.1, 0.15) is 18.1 Å². The molecule has 11 nitrogen and oxygen atoms in total. The summed E-state index contributed by atoms with van der Waals surface area (Å²) >= 11 is 0. The van der Waals surface area contributed by atoms with E-state index in [-0.39, 0.29) is 48.2 Å². The van der Waals surface area contributed by atoms with Gasteiger partial charge in [-0.25, -0.2) is 0 Å². The summed E-state index contributed by atoms with van der Waals surface area (Å²) in [5.41, 5.74) is -2.02. The summed E-state index contributed by atoms with van der Waals surface area (Å²) in [5, 5.41) is 15.0. The van der Waals surface area contributed by atoms with Crippen molar-refractivity contribution in [3.8, 4) is 0 Å². The van der Waals surface area contributed by atoms with Gasteiger partial charge in [0, 0.05) is 31.0 Å². The second-order valence-electron chi connectivity index (χ2n) is 14.1. The highest BCUT2D eigenvalue weighted by molar-refractivity contribution is 6.00.